The summed E-state index contributed by atoms with van der Waals surface area (Å²) in [6, 6.07) is -2.93. The van der Waals surface area contributed by atoms with Gasteiger partial charge in [0.1, 0.15) is 12.1 Å². The van der Waals surface area contributed by atoms with Gasteiger partial charge in [0.25, 0.3) is 0 Å². The van der Waals surface area contributed by atoms with E-state index in [9.17, 15) is 24.0 Å². The average Bonchev–Trinajstić information content (AvgIpc) is 2.31. The van der Waals surface area contributed by atoms with Crippen molar-refractivity contribution >= 4 is 29.7 Å². The zero-order valence-electron chi connectivity index (χ0n) is 11.2. The third kappa shape index (κ3) is 8.18. The SMILES string of the molecule is CC(=O)N[C@H](CC(=O)O)C(=O)N[C@@H](CCC(=O)O)C(=O)O. The van der Waals surface area contributed by atoms with Gasteiger partial charge in [-0.2, -0.15) is 0 Å². The smallest absolute Gasteiger partial charge is 0.326 e. The van der Waals surface area contributed by atoms with E-state index in [4.69, 9.17) is 15.3 Å². The van der Waals surface area contributed by atoms with E-state index in [1.807, 2.05) is 5.32 Å². The molecule has 21 heavy (non-hydrogen) atoms. The first-order valence-electron chi connectivity index (χ1n) is 5.87. The Morgan fingerprint density at radius 1 is 0.905 bits per heavy atom. The quantitative estimate of drug-likeness (QED) is 0.339. The summed E-state index contributed by atoms with van der Waals surface area (Å²) < 4.78 is 0. The van der Waals surface area contributed by atoms with Crippen molar-refractivity contribution in [3.8, 4) is 0 Å². The number of carboxylic acids is 3. The Kier molecular flexibility index (Phi) is 7.43. The molecule has 10 nitrogen and oxygen atoms in total. The summed E-state index contributed by atoms with van der Waals surface area (Å²) in [7, 11) is 0. The molecule has 0 aromatic carbocycles. The lowest BCUT2D eigenvalue weighted by atomic mass is 10.1. The maximum atomic E-state index is 11.8. The van der Waals surface area contributed by atoms with E-state index in [1.165, 1.54) is 0 Å². The van der Waals surface area contributed by atoms with E-state index in [2.05, 4.69) is 5.32 Å². The molecule has 0 aromatic heterocycles. The van der Waals surface area contributed by atoms with Crippen LogP contribution in [-0.4, -0.2) is 57.1 Å². The fourth-order valence-electron chi connectivity index (χ4n) is 1.43. The lowest BCUT2D eigenvalue weighted by molar-refractivity contribution is -0.144. The molecule has 0 rings (SSSR count). The first-order chi connectivity index (χ1) is 9.63. The zero-order valence-corrected chi connectivity index (χ0v) is 11.2. The molecule has 0 aliphatic rings. The van der Waals surface area contributed by atoms with E-state index < -0.39 is 54.6 Å². The van der Waals surface area contributed by atoms with Crippen molar-refractivity contribution in [2.45, 2.75) is 38.3 Å². The summed E-state index contributed by atoms with van der Waals surface area (Å²) in [5, 5.41) is 30.1. The van der Waals surface area contributed by atoms with Gasteiger partial charge in [-0.15, -0.1) is 0 Å². The van der Waals surface area contributed by atoms with Gasteiger partial charge in [-0.25, -0.2) is 4.79 Å². The number of carbonyl (C=O) groups is 5. The largest absolute Gasteiger partial charge is 0.481 e. The molecule has 0 unspecified atom stereocenters. The van der Waals surface area contributed by atoms with Crippen LogP contribution in [0.4, 0.5) is 0 Å². The van der Waals surface area contributed by atoms with Gasteiger partial charge in [-0.3, -0.25) is 19.2 Å². The summed E-state index contributed by atoms with van der Waals surface area (Å²) in [5.41, 5.74) is 0. The molecule has 0 saturated carbocycles. The van der Waals surface area contributed by atoms with Crippen molar-refractivity contribution in [3.05, 3.63) is 0 Å². The third-order valence-corrected chi connectivity index (χ3v) is 2.33. The molecule has 10 heteroatoms. The number of amides is 2. The first-order valence-corrected chi connectivity index (χ1v) is 5.87. The number of carbonyl (C=O) groups excluding carboxylic acids is 2. The van der Waals surface area contributed by atoms with Crippen LogP contribution >= 0.6 is 0 Å². The van der Waals surface area contributed by atoms with Crippen LogP contribution in [0.15, 0.2) is 0 Å². The Balaban J connectivity index is 4.80. The molecule has 0 heterocycles. The molecule has 0 fully saturated rings. The van der Waals surface area contributed by atoms with Gasteiger partial charge in [0.05, 0.1) is 6.42 Å². The molecular formula is C11H16N2O8. The van der Waals surface area contributed by atoms with E-state index in [1.54, 1.807) is 0 Å². The van der Waals surface area contributed by atoms with Gasteiger partial charge < -0.3 is 26.0 Å². The molecule has 2 amide bonds. The summed E-state index contributed by atoms with van der Waals surface area (Å²) >= 11 is 0. The van der Waals surface area contributed by atoms with Crippen molar-refractivity contribution in [1.82, 2.24) is 10.6 Å². The maximum absolute atomic E-state index is 11.8. The van der Waals surface area contributed by atoms with E-state index in [-0.39, 0.29) is 6.42 Å². The molecule has 0 aromatic rings. The normalized spacial score (nSPS) is 12.8. The van der Waals surface area contributed by atoms with Crippen LogP contribution < -0.4 is 10.6 Å². The van der Waals surface area contributed by atoms with Crippen LogP contribution in [0.3, 0.4) is 0 Å². The third-order valence-electron chi connectivity index (χ3n) is 2.33. The molecule has 118 valence electrons. The molecule has 5 N–H and O–H groups in total. The Morgan fingerprint density at radius 2 is 1.48 bits per heavy atom. The molecule has 0 aliphatic heterocycles. The van der Waals surface area contributed by atoms with Gasteiger partial charge in [0.2, 0.25) is 11.8 Å². The van der Waals surface area contributed by atoms with Crippen LogP contribution in [0.2, 0.25) is 0 Å². The molecule has 0 spiro atoms. The van der Waals surface area contributed by atoms with Gasteiger partial charge in [0, 0.05) is 13.3 Å². The van der Waals surface area contributed by atoms with Crippen LogP contribution in [0.25, 0.3) is 0 Å². The molecule has 0 radical (unpaired) electrons. The predicted octanol–water partition coefficient (Wildman–Crippen LogP) is -1.60. The van der Waals surface area contributed by atoms with Gasteiger partial charge in [-0.1, -0.05) is 0 Å². The van der Waals surface area contributed by atoms with E-state index in [0.29, 0.717) is 0 Å². The highest BCUT2D eigenvalue weighted by molar-refractivity contribution is 5.92. The lowest BCUT2D eigenvalue weighted by Crippen LogP contribution is -2.52. The Bertz CT molecular complexity index is 432. The summed E-state index contributed by atoms with van der Waals surface area (Å²) in [4.78, 5) is 54.6. The fraction of sp³-hybridized carbons (Fsp3) is 0.545. The van der Waals surface area contributed by atoms with Crippen molar-refractivity contribution < 1.29 is 39.3 Å². The van der Waals surface area contributed by atoms with E-state index >= 15 is 0 Å². The predicted molar refractivity (Wildman–Crippen MR) is 66.3 cm³/mol. The number of hydrogen-bond acceptors (Lipinski definition) is 5. The number of carboxylic acid groups (broad SMARTS) is 3. The van der Waals surface area contributed by atoms with Crippen molar-refractivity contribution in [2.24, 2.45) is 0 Å². The van der Waals surface area contributed by atoms with Crippen molar-refractivity contribution in [2.75, 3.05) is 0 Å². The summed E-state index contributed by atoms with van der Waals surface area (Å²) in [6.07, 6.45) is -1.58. The Morgan fingerprint density at radius 3 is 1.86 bits per heavy atom. The highest BCUT2D eigenvalue weighted by Gasteiger charge is 2.27. The van der Waals surface area contributed by atoms with Crippen LogP contribution in [0, 0.1) is 0 Å². The Hall–Kier alpha value is -2.65. The molecular weight excluding hydrogens is 288 g/mol. The molecule has 0 bridgehead atoms. The van der Waals surface area contributed by atoms with Crippen LogP contribution in [0.1, 0.15) is 26.2 Å². The summed E-state index contributed by atoms with van der Waals surface area (Å²) in [6.45, 7) is 1.07. The number of aliphatic carboxylic acids is 3. The zero-order chi connectivity index (χ0) is 16.6. The van der Waals surface area contributed by atoms with Crippen LogP contribution in [0.5, 0.6) is 0 Å². The number of nitrogens with one attached hydrogen (secondary N) is 2. The second-order valence-electron chi connectivity index (χ2n) is 4.18. The topological polar surface area (TPSA) is 170 Å². The minimum absolute atomic E-state index is 0.365. The molecule has 2 atom stereocenters. The summed E-state index contributed by atoms with van der Waals surface area (Å²) in [5.74, 6) is -5.72. The second-order valence-corrected chi connectivity index (χ2v) is 4.18. The molecule has 0 aliphatic carbocycles. The highest BCUT2D eigenvalue weighted by Crippen LogP contribution is 2.01. The maximum Gasteiger partial charge on any atom is 0.326 e. The standard InChI is InChI=1S/C11H16N2O8/c1-5(14)12-7(4-9(17)18)10(19)13-6(11(20)21)2-3-8(15)16/h6-7H,2-4H2,1H3,(H,12,14)(H,13,19)(H,15,16)(H,17,18)(H,20,21)/t6-,7+/m0/s1. The monoisotopic (exact) mass is 304 g/mol. The molecule has 0 saturated heterocycles. The minimum Gasteiger partial charge on any atom is -0.481 e. The van der Waals surface area contributed by atoms with Crippen molar-refractivity contribution in [1.29, 1.82) is 0 Å². The fourth-order valence-corrected chi connectivity index (χ4v) is 1.43. The van der Waals surface area contributed by atoms with Gasteiger partial charge in [0.15, 0.2) is 0 Å². The van der Waals surface area contributed by atoms with Crippen molar-refractivity contribution in [3.63, 3.8) is 0 Å². The van der Waals surface area contributed by atoms with Crippen LogP contribution in [-0.2, 0) is 24.0 Å². The number of rotatable bonds is 9. The number of hydrogen-bond donors (Lipinski definition) is 5. The van der Waals surface area contributed by atoms with E-state index in [0.717, 1.165) is 6.92 Å². The van der Waals surface area contributed by atoms with Gasteiger partial charge >= 0.3 is 17.9 Å². The highest BCUT2D eigenvalue weighted by atomic mass is 16.4. The first kappa shape index (κ1) is 18.4. The van der Waals surface area contributed by atoms with Gasteiger partial charge in [-0.05, 0) is 6.42 Å². The lowest BCUT2D eigenvalue weighted by Gasteiger charge is -2.19. The Labute approximate surface area is 119 Å². The minimum atomic E-state index is -1.49. The second kappa shape index (κ2) is 8.51. The average molecular weight is 304 g/mol.